The number of fused-ring (bicyclic) bond motifs is 1. The predicted molar refractivity (Wildman–Crippen MR) is 97.9 cm³/mol. The van der Waals surface area contributed by atoms with Crippen molar-refractivity contribution in [1.29, 1.82) is 0 Å². The lowest BCUT2D eigenvalue weighted by atomic mass is 10.2. The van der Waals surface area contributed by atoms with Gasteiger partial charge in [0.1, 0.15) is 12.4 Å². The van der Waals surface area contributed by atoms with Crippen LogP contribution in [0.3, 0.4) is 0 Å². The molecule has 1 amide bonds. The van der Waals surface area contributed by atoms with Crippen LogP contribution >= 0.6 is 0 Å². The number of nitrogens with one attached hydrogen (secondary N) is 1. The summed E-state index contributed by atoms with van der Waals surface area (Å²) in [5.41, 5.74) is 0.573. The SMILES string of the molecule is O=C(Nc1ccccc1Oc1ccccc1)[C@@H]1COc2ccccc2O1. The number of hydrogen-bond donors (Lipinski definition) is 1. The van der Waals surface area contributed by atoms with Crippen LogP contribution in [0.15, 0.2) is 78.9 Å². The lowest BCUT2D eigenvalue weighted by Gasteiger charge is -2.25. The molecule has 130 valence electrons. The van der Waals surface area contributed by atoms with Crippen molar-refractivity contribution in [2.45, 2.75) is 6.10 Å². The minimum Gasteiger partial charge on any atom is -0.485 e. The van der Waals surface area contributed by atoms with Crippen molar-refractivity contribution >= 4 is 11.6 Å². The normalized spacial score (nSPS) is 15.2. The van der Waals surface area contributed by atoms with E-state index in [2.05, 4.69) is 5.32 Å². The molecule has 0 aromatic heterocycles. The predicted octanol–water partition coefficient (Wildman–Crippen LogP) is 4.26. The van der Waals surface area contributed by atoms with E-state index in [4.69, 9.17) is 14.2 Å². The van der Waals surface area contributed by atoms with E-state index in [-0.39, 0.29) is 12.5 Å². The fourth-order valence-corrected chi connectivity index (χ4v) is 2.64. The van der Waals surface area contributed by atoms with Crippen molar-refractivity contribution in [3.05, 3.63) is 78.9 Å². The Bertz CT molecular complexity index is 911. The van der Waals surface area contributed by atoms with Gasteiger partial charge in [-0.1, -0.05) is 42.5 Å². The first-order chi connectivity index (χ1) is 12.8. The van der Waals surface area contributed by atoms with Crippen molar-refractivity contribution in [3.8, 4) is 23.0 Å². The molecule has 1 aliphatic rings. The summed E-state index contributed by atoms with van der Waals surface area (Å²) in [6.07, 6.45) is -0.727. The summed E-state index contributed by atoms with van der Waals surface area (Å²) >= 11 is 0. The van der Waals surface area contributed by atoms with Crippen molar-refractivity contribution in [1.82, 2.24) is 0 Å². The molecule has 0 saturated carbocycles. The van der Waals surface area contributed by atoms with Gasteiger partial charge in [-0.25, -0.2) is 0 Å². The number of benzene rings is 3. The van der Waals surface area contributed by atoms with Crippen LogP contribution in [-0.2, 0) is 4.79 Å². The third-order valence-corrected chi connectivity index (χ3v) is 3.92. The second kappa shape index (κ2) is 7.19. The molecule has 0 bridgehead atoms. The first-order valence-corrected chi connectivity index (χ1v) is 8.31. The second-order valence-corrected chi connectivity index (χ2v) is 5.76. The summed E-state index contributed by atoms with van der Waals surface area (Å²) < 4.78 is 17.2. The summed E-state index contributed by atoms with van der Waals surface area (Å²) in [6, 6.07) is 24.0. The Morgan fingerprint density at radius 3 is 2.42 bits per heavy atom. The molecular weight excluding hydrogens is 330 g/mol. The van der Waals surface area contributed by atoms with Crippen LogP contribution in [-0.4, -0.2) is 18.6 Å². The van der Waals surface area contributed by atoms with Gasteiger partial charge in [-0.15, -0.1) is 0 Å². The van der Waals surface area contributed by atoms with Crippen molar-refractivity contribution in [2.75, 3.05) is 11.9 Å². The molecule has 1 atom stereocenters. The molecular formula is C21H17NO4. The molecule has 0 fully saturated rings. The number of anilines is 1. The third-order valence-electron chi connectivity index (χ3n) is 3.92. The average molecular weight is 347 g/mol. The molecule has 1 heterocycles. The molecule has 3 aromatic rings. The Hall–Kier alpha value is -3.47. The van der Waals surface area contributed by atoms with Crippen LogP contribution in [0.4, 0.5) is 5.69 Å². The maximum atomic E-state index is 12.6. The van der Waals surface area contributed by atoms with E-state index in [1.807, 2.05) is 60.7 Å². The van der Waals surface area contributed by atoms with Crippen molar-refractivity contribution in [2.24, 2.45) is 0 Å². The zero-order valence-electron chi connectivity index (χ0n) is 13.9. The molecule has 5 heteroatoms. The molecule has 1 aliphatic heterocycles. The van der Waals surface area contributed by atoms with Gasteiger partial charge >= 0.3 is 0 Å². The Morgan fingerprint density at radius 2 is 1.58 bits per heavy atom. The Balaban J connectivity index is 1.48. The fourth-order valence-electron chi connectivity index (χ4n) is 2.64. The van der Waals surface area contributed by atoms with Crippen molar-refractivity contribution in [3.63, 3.8) is 0 Å². The van der Waals surface area contributed by atoms with Gasteiger partial charge < -0.3 is 19.5 Å². The Labute approximate surface area is 151 Å². The van der Waals surface area contributed by atoms with E-state index >= 15 is 0 Å². The van der Waals surface area contributed by atoms with Crippen LogP contribution in [0.25, 0.3) is 0 Å². The van der Waals surface area contributed by atoms with E-state index in [1.165, 1.54) is 0 Å². The number of carbonyl (C=O) groups excluding carboxylic acids is 1. The summed E-state index contributed by atoms with van der Waals surface area (Å²) in [5, 5.41) is 2.86. The highest BCUT2D eigenvalue weighted by atomic mass is 16.6. The summed E-state index contributed by atoms with van der Waals surface area (Å²) in [4.78, 5) is 12.6. The lowest BCUT2D eigenvalue weighted by Crippen LogP contribution is -2.40. The maximum absolute atomic E-state index is 12.6. The highest BCUT2D eigenvalue weighted by molar-refractivity contribution is 5.96. The van der Waals surface area contributed by atoms with Gasteiger partial charge in [0.2, 0.25) is 6.10 Å². The summed E-state index contributed by atoms with van der Waals surface area (Å²) in [6.45, 7) is 0.157. The summed E-state index contributed by atoms with van der Waals surface area (Å²) in [7, 11) is 0. The average Bonchev–Trinajstić information content (AvgIpc) is 2.70. The third kappa shape index (κ3) is 3.47. The molecule has 1 N–H and O–H groups in total. The molecule has 5 nitrogen and oxygen atoms in total. The molecule has 0 aliphatic carbocycles. The monoisotopic (exact) mass is 347 g/mol. The minimum atomic E-state index is -0.727. The number of ether oxygens (including phenoxy) is 3. The van der Waals surface area contributed by atoms with Crippen LogP contribution in [0.1, 0.15) is 0 Å². The molecule has 0 unspecified atom stereocenters. The molecule has 0 radical (unpaired) electrons. The van der Waals surface area contributed by atoms with Gasteiger partial charge in [0.05, 0.1) is 5.69 Å². The molecule has 0 spiro atoms. The highest BCUT2D eigenvalue weighted by Crippen LogP contribution is 2.32. The highest BCUT2D eigenvalue weighted by Gasteiger charge is 2.27. The first kappa shape index (κ1) is 16.0. The zero-order chi connectivity index (χ0) is 17.8. The molecule has 0 saturated heterocycles. The minimum absolute atomic E-state index is 0.157. The van der Waals surface area contributed by atoms with E-state index < -0.39 is 6.10 Å². The lowest BCUT2D eigenvalue weighted by molar-refractivity contribution is -0.125. The number of amides is 1. The standard InChI is InChI=1S/C21H17NO4/c23-21(20-14-24-18-12-6-7-13-19(18)26-20)22-16-10-4-5-11-17(16)25-15-8-2-1-3-9-15/h1-13,20H,14H2,(H,22,23)/t20-/m0/s1. The van der Waals surface area contributed by atoms with Gasteiger partial charge in [-0.05, 0) is 36.4 Å². The van der Waals surface area contributed by atoms with E-state index in [1.54, 1.807) is 18.2 Å². The zero-order valence-corrected chi connectivity index (χ0v) is 13.9. The number of hydrogen-bond acceptors (Lipinski definition) is 4. The number of rotatable bonds is 4. The smallest absolute Gasteiger partial charge is 0.269 e. The fraction of sp³-hybridized carbons (Fsp3) is 0.0952. The van der Waals surface area contributed by atoms with Gasteiger partial charge in [0, 0.05) is 0 Å². The van der Waals surface area contributed by atoms with E-state index in [0.29, 0.717) is 28.7 Å². The van der Waals surface area contributed by atoms with Gasteiger partial charge in [0.25, 0.3) is 5.91 Å². The molecule has 4 rings (SSSR count). The quantitative estimate of drug-likeness (QED) is 0.766. The Morgan fingerprint density at radius 1 is 0.885 bits per heavy atom. The topological polar surface area (TPSA) is 56.8 Å². The van der Waals surface area contributed by atoms with E-state index in [0.717, 1.165) is 0 Å². The molecule has 3 aromatic carbocycles. The van der Waals surface area contributed by atoms with Gasteiger partial charge in [0.15, 0.2) is 17.2 Å². The number of para-hydroxylation sites is 5. The van der Waals surface area contributed by atoms with Gasteiger partial charge in [-0.2, -0.15) is 0 Å². The van der Waals surface area contributed by atoms with Crippen LogP contribution in [0.2, 0.25) is 0 Å². The maximum Gasteiger partial charge on any atom is 0.269 e. The molecule has 26 heavy (non-hydrogen) atoms. The van der Waals surface area contributed by atoms with Crippen LogP contribution in [0, 0.1) is 0 Å². The Kier molecular flexibility index (Phi) is 4.43. The first-order valence-electron chi connectivity index (χ1n) is 8.31. The van der Waals surface area contributed by atoms with Gasteiger partial charge in [-0.3, -0.25) is 4.79 Å². The van der Waals surface area contributed by atoms with Crippen LogP contribution in [0.5, 0.6) is 23.0 Å². The van der Waals surface area contributed by atoms with Crippen LogP contribution < -0.4 is 19.5 Å². The second-order valence-electron chi connectivity index (χ2n) is 5.76. The van der Waals surface area contributed by atoms with Crippen molar-refractivity contribution < 1.29 is 19.0 Å². The summed E-state index contributed by atoms with van der Waals surface area (Å²) in [5.74, 6) is 2.17. The largest absolute Gasteiger partial charge is 0.485 e. The van der Waals surface area contributed by atoms with E-state index in [9.17, 15) is 4.79 Å². The number of carbonyl (C=O) groups is 1.